The number of carbonyl (C=O) groups is 3. The number of amides is 4. The van der Waals surface area contributed by atoms with Gasteiger partial charge in [0.1, 0.15) is 0 Å². The van der Waals surface area contributed by atoms with Crippen molar-refractivity contribution in [2.75, 3.05) is 30.7 Å². The van der Waals surface area contributed by atoms with Gasteiger partial charge < -0.3 is 21.3 Å². The molecule has 1 aromatic carbocycles. The number of nitrogens with two attached hydrogens (primary N) is 1. The number of urea groups is 1. The molecule has 3 rings (SSSR count). The molecule has 1 aliphatic rings. The minimum absolute atomic E-state index is 0.113. The van der Waals surface area contributed by atoms with Gasteiger partial charge in [0.15, 0.2) is 0 Å². The minimum Gasteiger partial charge on any atom is -0.397 e. The zero-order chi connectivity index (χ0) is 27.1. The van der Waals surface area contributed by atoms with E-state index < -0.39 is 11.9 Å². The first-order valence-corrected chi connectivity index (χ1v) is 12.2. The van der Waals surface area contributed by atoms with Gasteiger partial charge in [0.05, 0.1) is 40.6 Å². The van der Waals surface area contributed by atoms with Crippen LogP contribution < -0.4 is 16.4 Å². The molecule has 1 fully saturated rings. The van der Waals surface area contributed by atoms with E-state index in [1.54, 1.807) is 25.1 Å². The molecular weight excluding hydrogens is 468 g/mol. The summed E-state index contributed by atoms with van der Waals surface area (Å²) in [5.41, 5.74) is 10.8. The fourth-order valence-corrected chi connectivity index (χ4v) is 3.94. The van der Waals surface area contributed by atoms with Crippen molar-refractivity contribution in [3.05, 3.63) is 83.4 Å². The highest BCUT2D eigenvalue weighted by Gasteiger charge is 2.30. The lowest BCUT2D eigenvalue weighted by Crippen LogP contribution is -2.53. The molecule has 0 spiro atoms. The maximum atomic E-state index is 13.0. The highest BCUT2D eigenvalue weighted by Crippen LogP contribution is 2.25. The van der Waals surface area contributed by atoms with Crippen LogP contribution >= 0.6 is 0 Å². The number of piperazine rings is 1. The number of rotatable bonds is 7. The normalized spacial score (nSPS) is 14.3. The molecule has 1 aromatic heterocycles. The Morgan fingerprint density at radius 2 is 1.97 bits per heavy atom. The number of anilines is 2. The molecule has 1 aliphatic heterocycles. The highest BCUT2D eigenvalue weighted by molar-refractivity contribution is 6.06. The van der Waals surface area contributed by atoms with E-state index in [0.29, 0.717) is 47.1 Å². The molecular formula is C28H34N6O3. The molecule has 0 atom stereocenters. The highest BCUT2D eigenvalue weighted by atomic mass is 16.2. The average Bonchev–Trinajstić information content (AvgIpc) is 2.88. The van der Waals surface area contributed by atoms with Crippen LogP contribution in [0.2, 0.25) is 0 Å². The van der Waals surface area contributed by atoms with Gasteiger partial charge in [-0.3, -0.25) is 19.5 Å². The number of carbonyl (C=O) groups excluding carboxylic acids is 3. The smallest absolute Gasteiger partial charge is 0.324 e. The Balaban J connectivity index is 1.66. The maximum Gasteiger partial charge on any atom is 0.324 e. The monoisotopic (exact) mass is 502 g/mol. The number of nitrogens with zero attached hydrogens (tertiary/aromatic N) is 3. The SMILES string of the molecule is C=C1C(=O)N(C(=O)NCc2ccc(C(=O)Nc3cc(/C(C)=C/C=C\C)ccc3N)c(C)n2)CCN1CC. The van der Waals surface area contributed by atoms with Crippen LogP contribution in [0.1, 0.15) is 48.1 Å². The molecule has 1 saturated heterocycles. The third-order valence-corrected chi connectivity index (χ3v) is 6.20. The molecule has 9 heteroatoms. The molecule has 2 heterocycles. The van der Waals surface area contributed by atoms with E-state index in [9.17, 15) is 14.4 Å². The van der Waals surface area contributed by atoms with Crippen molar-refractivity contribution in [1.82, 2.24) is 20.1 Å². The standard InChI is InChI=1S/C28H34N6O3/c1-6-8-9-18(3)21-10-13-24(29)25(16-21)32-26(35)23-12-11-22(31-19(23)4)17-30-28(37)34-15-14-33(7-2)20(5)27(34)36/h6,8-13,16H,5,7,14-15,17,29H2,1-4H3,(H,30,37)(H,32,35)/b8-6-,18-9+. The number of nitrogen functional groups attached to an aromatic ring is 1. The van der Waals surface area contributed by atoms with Crippen molar-refractivity contribution in [2.24, 2.45) is 0 Å². The number of imide groups is 1. The topological polar surface area (TPSA) is 121 Å². The summed E-state index contributed by atoms with van der Waals surface area (Å²) in [4.78, 5) is 45.5. The van der Waals surface area contributed by atoms with Crippen LogP contribution in [-0.4, -0.2) is 52.3 Å². The van der Waals surface area contributed by atoms with Crippen LogP contribution in [0.15, 0.2) is 60.8 Å². The first-order valence-electron chi connectivity index (χ1n) is 12.2. The zero-order valence-corrected chi connectivity index (χ0v) is 21.8. The number of nitrogens with one attached hydrogen (secondary N) is 2. The molecule has 0 radical (unpaired) electrons. The predicted molar refractivity (Wildman–Crippen MR) is 147 cm³/mol. The first kappa shape index (κ1) is 27.2. The van der Waals surface area contributed by atoms with E-state index in [-0.39, 0.29) is 19.0 Å². The number of pyridine rings is 1. The van der Waals surface area contributed by atoms with Gasteiger partial charge in [-0.05, 0) is 63.1 Å². The summed E-state index contributed by atoms with van der Waals surface area (Å²) in [5, 5.41) is 5.60. The summed E-state index contributed by atoms with van der Waals surface area (Å²) in [6.45, 7) is 13.0. The van der Waals surface area contributed by atoms with Gasteiger partial charge in [-0.1, -0.05) is 30.9 Å². The Morgan fingerprint density at radius 3 is 2.65 bits per heavy atom. The molecule has 9 nitrogen and oxygen atoms in total. The van der Waals surface area contributed by atoms with Gasteiger partial charge in [0, 0.05) is 19.6 Å². The van der Waals surface area contributed by atoms with Crippen molar-refractivity contribution < 1.29 is 14.4 Å². The average molecular weight is 503 g/mol. The number of likely N-dealkylation sites (N-methyl/N-ethyl adjacent to an activating group) is 1. The van der Waals surface area contributed by atoms with Gasteiger partial charge >= 0.3 is 6.03 Å². The summed E-state index contributed by atoms with van der Waals surface area (Å²) in [7, 11) is 0. The van der Waals surface area contributed by atoms with Crippen molar-refractivity contribution >= 4 is 34.8 Å². The molecule has 0 unspecified atom stereocenters. The maximum absolute atomic E-state index is 13.0. The third-order valence-electron chi connectivity index (χ3n) is 6.20. The van der Waals surface area contributed by atoms with Crippen LogP contribution in [0, 0.1) is 6.92 Å². The molecule has 0 aliphatic carbocycles. The molecule has 2 aromatic rings. The van der Waals surface area contributed by atoms with Crippen LogP contribution in [0.5, 0.6) is 0 Å². The number of benzene rings is 1. The third kappa shape index (κ3) is 6.43. The van der Waals surface area contributed by atoms with E-state index in [2.05, 4.69) is 22.2 Å². The number of aryl methyl sites for hydroxylation is 1. The van der Waals surface area contributed by atoms with Gasteiger partial charge in [0.25, 0.3) is 11.8 Å². The Hall–Kier alpha value is -4.40. The lowest BCUT2D eigenvalue weighted by atomic mass is 10.0. The fraction of sp³-hybridized carbons (Fsp3) is 0.286. The molecule has 0 saturated carbocycles. The quantitative estimate of drug-likeness (QED) is 0.298. The van der Waals surface area contributed by atoms with Gasteiger partial charge in [-0.25, -0.2) is 4.79 Å². The summed E-state index contributed by atoms with van der Waals surface area (Å²) >= 11 is 0. The summed E-state index contributed by atoms with van der Waals surface area (Å²) in [5.74, 6) is -0.741. The summed E-state index contributed by atoms with van der Waals surface area (Å²) in [6, 6.07) is 8.33. The summed E-state index contributed by atoms with van der Waals surface area (Å²) < 4.78 is 0. The van der Waals surface area contributed by atoms with Crippen molar-refractivity contribution in [3.8, 4) is 0 Å². The second-order valence-corrected chi connectivity index (χ2v) is 8.71. The van der Waals surface area contributed by atoms with E-state index >= 15 is 0 Å². The van der Waals surface area contributed by atoms with Gasteiger partial charge in [-0.2, -0.15) is 0 Å². The summed E-state index contributed by atoms with van der Waals surface area (Å²) in [6.07, 6.45) is 5.88. The first-order chi connectivity index (χ1) is 17.7. The van der Waals surface area contributed by atoms with Crippen molar-refractivity contribution in [3.63, 3.8) is 0 Å². The van der Waals surface area contributed by atoms with Crippen LogP contribution in [-0.2, 0) is 11.3 Å². The zero-order valence-electron chi connectivity index (χ0n) is 21.8. The predicted octanol–water partition coefficient (Wildman–Crippen LogP) is 4.09. The van der Waals surface area contributed by atoms with Crippen molar-refractivity contribution in [1.29, 1.82) is 0 Å². The lowest BCUT2D eigenvalue weighted by molar-refractivity contribution is -0.128. The molecule has 0 bridgehead atoms. The van der Waals surface area contributed by atoms with Crippen LogP contribution in [0.3, 0.4) is 0 Å². The Labute approximate surface area is 217 Å². The number of hydrogen-bond acceptors (Lipinski definition) is 6. The number of aromatic nitrogens is 1. The van der Waals surface area contributed by atoms with Crippen LogP contribution in [0.25, 0.3) is 5.57 Å². The van der Waals surface area contributed by atoms with Gasteiger partial charge in [0.2, 0.25) is 0 Å². The Bertz CT molecular complexity index is 1280. The van der Waals surface area contributed by atoms with E-state index in [4.69, 9.17) is 5.73 Å². The minimum atomic E-state index is -0.502. The molecule has 4 N–H and O–H groups in total. The molecule has 194 valence electrons. The van der Waals surface area contributed by atoms with Crippen molar-refractivity contribution in [2.45, 2.75) is 34.2 Å². The van der Waals surface area contributed by atoms with E-state index in [1.807, 2.05) is 56.0 Å². The van der Waals surface area contributed by atoms with Gasteiger partial charge in [-0.15, -0.1) is 0 Å². The fourth-order valence-electron chi connectivity index (χ4n) is 3.94. The second kappa shape index (κ2) is 12.0. The second-order valence-electron chi connectivity index (χ2n) is 8.71. The Kier molecular flexibility index (Phi) is 8.84. The molecule has 37 heavy (non-hydrogen) atoms. The number of hydrogen-bond donors (Lipinski definition) is 3. The number of allylic oxidation sites excluding steroid dienone is 4. The Morgan fingerprint density at radius 1 is 1.22 bits per heavy atom. The van der Waals surface area contributed by atoms with Crippen LogP contribution in [0.4, 0.5) is 16.2 Å². The van der Waals surface area contributed by atoms with E-state index in [1.165, 1.54) is 0 Å². The largest absolute Gasteiger partial charge is 0.397 e. The lowest BCUT2D eigenvalue weighted by Gasteiger charge is -2.35. The van der Waals surface area contributed by atoms with E-state index in [0.717, 1.165) is 16.0 Å². The molecule has 4 amide bonds.